The van der Waals surface area contributed by atoms with Crippen molar-refractivity contribution in [3.8, 4) is 0 Å². The molecule has 3 rings (SSSR count). The largest absolute Gasteiger partial charge is 0.352 e. The van der Waals surface area contributed by atoms with Gasteiger partial charge in [0.2, 0.25) is 0 Å². The van der Waals surface area contributed by atoms with Crippen LogP contribution in [0.1, 0.15) is 38.5 Å². The summed E-state index contributed by atoms with van der Waals surface area (Å²) in [5.74, 6) is 1.83. The fraction of sp³-hybridized carbons (Fsp3) is 0.692. The molecule has 1 saturated carbocycles. The molecule has 1 aromatic heterocycles. The van der Waals surface area contributed by atoms with Crippen molar-refractivity contribution < 1.29 is 0 Å². The summed E-state index contributed by atoms with van der Waals surface area (Å²) in [6, 6.07) is 0.672. The molecule has 0 aromatic carbocycles. The molecule has 0 spiro atoms. The van der Waals surface area contributed by atoms with Crippen LogP contribution in [-0.4, -0.2) is 22.6 Å². The minimum absolute atomic E-state index is 0.500. The van der Waals surface area contributed by atoms with Gasteiger partial charge >= 0.3 is 0 Å². The zero-order valence-electron chi connectivity index (χ0n) is 9.98. The Labute approximate surface area is 107 Å². The van der Waals surface area contributed by atoms with Gasteiger partial charge in [0.25, 0.3) is 0 Å². The third-order valence-corrected chi connectivity index (χ3v) is 4.31. The van der Waals surface area contributed by atoms with Crippen LogP contribution in [0.3, 0.4) is 0 Å². The number of hydrogen-bond acceptors (Lipinski definition) is 3. The maximum Gasteiger partial charge on any atom is 0.149 e. The van der Waals surface area contributed by atoms with Gasteiger partial charge in [0.05, 0.1) is 12.4 Å². The molecule has 1 aliphatic carbocycles. The van der Waals surface area contributed by atoms with E-state index in [9.17, 15) is 0 Å². The van der Waals surface area contributed by atoms with Crippen LogP contribution >= 0.6 is 11.6 Å². The Morgan fingerprint density at radius 1 is 1.12 bits per heavy atom. The fourth-order valence-corrected chi connectivity index (χ4v) is 3.52. The number of fused-ring (bicyclic) bond motifs is 1. The molecule has 2 aliphatic rings. The van der Waals surface area contributed by atoms with Gasteiger partial charge in [-0.05, 0) is 31.6 Å². The van der Waals surface area contributed by atoms with Crippen molar-refractivity contribution in [1.29, 1.82) is 0 Å². The Morgan fingerprint density at radius 3 is 2.82 bits per heavy atom. The molecule has 1 aromatic rings. The molecule has 1 aliphatic heterocycles. The van der Waals surface area contributed by atoms with E-state index in [-0.39, 0.29) is 0 Å². The summed E-state index contributed by atoms with van der Waals surface area (Å²) in [5.41, 5.74) is 0. The van der Waals surface area contributed by atoms with E-state index in [0.29, 0.717) is 11.2 Å². The number of anilines is 1. The topological polar surface area (TPSA) is 29.0 Å². The smallest absolute Gasteiger partial charge is 0.149 e. The normalized spacial score (nSPS) is 28.9. The molecular formula is C13H18ClN3. The van der Waals surface area contributed by atoms with Crippen molar-refractivity contribution in [2.75, 3.05) is 11.4 Å². The predicted octanol–water partition coefficient (Wildman–Crippen LogP) is 3.29. The van der Waals surface area contributed by atoms with E-state index in [4.69, 9.17) is 11.6 Å². The molecule has 92 valence electrons. The minimum atomic E-state index is 0.500. The SMILES string of the molecule is Clc1cncc(N2CCC[C@H]3CCCC[C@H]32)n1. The van der Waals surface area contributed by atoms with Gasteiger partial charge in [-0.2, -0.15) is 0 Å². The van der Waals surface area contributed by atoms with Crippen LogP contribution in [0.2, 0.25) is 5.15 Å². The van der Waals surface area contributed by atoms with Crippen LogP contribution in [0.15, 0.2) is 12.4 Å². The Balaban J connectivity index is 1.85. The molecule has 2 atom stereocenters. The Hall–Kier alpha value is -0.830. The quantitative estimate of drug-likeness (QED) is 0.767. The summed E-state index contributed by atoms with van der Waals surface area (Å²) in [6.45, 7) is 1.11. The maximum absolute atomic E-state index is 5.94. The van der Waals surface area contributed by atoms with Crippen LogP contribution in [-0.2, 0) is 0 Å². The molecule has 17 heavy (non-hydrogen) atoms. The Morgan fingerprint density at radius 2 is 1.94 bits per heavy atom. The molecular weight excluding hydrogens is 234 g/mol. The number of rotatable bonds is 1. The second kappa shape index (κ2) is 4.81. The van der Waals surface area contributed by atoms with Crippen molar-refractivity contribution in [1.82, 2.24) is 9.97 Å². The van der Waals surface area contributed by atoms with Crippen molar-refractivity contribution in [3.05, 3.63) is 17.5 Å². The van der Waals surface area contributed by atoms with Crippen LogP contribution in [0.25, 0.3) is 0 Å². The summed E-state index contributed by atoms with van der Waals surface area (Å²) >= 11 is 5.94. The van der Waals surface area contributed by atoms with Crippen molar-refractivity contribution in [3.63, 3.8) is 0 Å². The number of nitrogens with zero attached hydrogens (tertiary/aromatic N) is 3. The van der Waals surface area contributed by atoms with Gasteiger partial charge < -0.3 is 4.90 Å². The molecule has 1 saturated heterocycles. The highest BCUT2D eigenvalue weighted by molar-refractivity contribution is 6.29. The molecule has 2 heterocycles. The molecule has 0 N–H and O–H groups in total. The van der Waals surface area contributed by atoms with Gasteiger partial charge in [-0.15, -0.1) is 0 Å². The monoisotopic (exact) mass is 251 g/mol. The number of piperidine rings is 1. The highest BCUT2D eigenvalue weighted by Crippen LogP contribution is 2.37. The number of hydrogen-bond donors (Lipinski definition) is 0. The third kappa shape index (κ3) is 2.25. The molecule has 0 amide bonds. The predicted molar refractivity (Wildman–Crippen MR) is 69.4 cm³/mol. The second-order valence-electron chi connectivity index (χ2n) is 5.15. The third-order valence-electron chi connectivity index (χ3n) is 4.13. The number of halogens is 1. The van der Waals surface area contributed by atoms with E-state index in [1.165, 1.54) is 38.5 Å². The lowest BCUT2D eigenvalue weighted by Crippen LogP contribution is -2.47. The van der Waals surface area contributed by atoms with Crippen LogP contribution in [0, 0.1) is 5.92 Å². The van der Waals surface area contributed by atoms with Gasteiger partial charge in [0, 0.05) is 12.6 Å². The van der Waals surface area contributed by atoms with Gasteiger partial charge in [-0.25, -0.2) is 4.98 Å². The molecule has 4 heteroatoms. The zero-order valence-corrected chi connectivity index (χ0v) is 10.7. The first-order chi connectivity index (χ1) is 8.34. The molecule has 2 fully saturated rings. The molecule has 0 radical (unpaired) electrons. The minimum Gasteiger partial charge on any atom is -0.352 e. The first-order valence-corrected chi connectivity index (χ1v) is 6.96. The summed E-state index contributed by atoms with van der Waals surface area (Å²) in [6.07, 6.45) is 11.6. The lowest BCUT2D eigenvalue weighted by Gasteiger charge is -2.44. The summed E-state index contributed by atoms with van der Waals surface area (Å²) in [4.78, 5) is 11.0. The zero-order chi connectivity index (χ0) is 11.7. The van der Waals surface area contributed by atoms with E-state index in [1.807, 2.05) is 6.20 Å². The molecule has 0 unspecified atom stereocenters. The summed E-state index contributed by atoms with van der Waals surface area (Å²) in [5, 5.41) is 0.500. The van der Waals surface area contributed by atoms with Crippen LogP contribution < -0.4 is 4.90 Å². The summed E-state index contributed by atoms with van der Waals surface area (Å²) < 4.78 is 0. The van der Waals surface area contributed by atoms with Crippen LogP contribution in [0.4, 0.5) is 5.82 Å². The Bertz CT molecular complexity index is 394. The van der Waals surface area contributed by atoms with E-state index >= 15 is 0 Å². The van der Waals surface area contributed by atoms with E-state index in [0.717, 1.165) is 18.3 Å². The standard InChI is InChI=1S/C13H18ClN3/c14-12-8-15-9-13(16-12)17-7-3-5-10-4-1-2-6-11(10)17/h8-11H,1-7H2/t10-,11-/m1/s1. The first-order valence-electron chi connectivity index (χ1n) is 6.59. The number of aromatic nitrogens is 2. The van der Waals surface area contributed by atoms with Gasteiger partial charge in [-0.3, -0.25) is 4.98 Å². The molecule has 3 nitrogen and oxygen atoms in total. The lowest BCUT2D eigenvalue weighted by molar-refractivity contribution is 0.242. The van der Waals surface area contributed by atoms with Gasteiger partial charge in [-0.1, -0.05) is 24.4 Å². The summed E-state index contributed by atoms with van der Waals surface area (Å²) in [7, 11) is 0. The van der Waals surface area contributed by atoms with Gasteiger partial charge in [0.15, 0.2) is 0 Å². The molecule has 0 bridgehead atoms. The highest BCUT2D eigenvalue weighted by atomic mass is 35.5. The van der Waals surface area contributed by atoms with Crippen molar-refractivity contribution in [2.24, 2.45) is 5.92 Å². The van der Waals surface area contributed by atoms with Crippen molar-refractivity contribution >= 4 is 17.4 Å². The van der Waals surface area contributed by atoms with Crippen molar-refractivity contribution in [2.45, 2.75) is 44.6 Å². The van der Waals surface area contributed by atoms with Gasteiger partial charge in [0.1, 0.15) is 11.0 Å². The van der Waals surface area contributed by atoms with E-state index < -0.39 is 0 Å². The highest BCUT2D eigenvalue weighted by Gasteiger charge is 2.33. The van der Waals surface area contributed by atoms with E-state index in [2.05, 4.69) is 14.9 Å². The first kappa shape index (κ1) is 11.3. The van der Waals surface area contributed by atoms with Crippen LogP contribution in [0.5, 0.6) is 0 Å². The average Bonchev–Trinajstić information content (AvgIpc) is 2.38. The lowest BCUT2D eigenvalue weighted by atomic mass is 9.78. The van der Waals surface area contributed by atoms with E-state index in [1.54, 1.807) is 6.20 Å². The average molecular weight is 252 g/mol. The fourth-order valence-electron chi connectivity index (χ4n) is 3.38. The maximum atomic E-state index is 5.94. The second-order valence-corrected chi connectivity index (χ2v) is 5.53. The Kier molecular flexibility index (Phi) is 3.19.